The maximum Gasteiger partial charge on any atom is 0.340 e. The predicted molar refractivity (Wildman–Crippen MR) is 97.6 cm³/mol. The smallest absolute Gasteiger partial charge is 0.340 e. The van der Waals surface area contributed by atoms with Crippen LogP contribution < -0.4 is 4.74 Å². The fourth-order valence-corrected chi connectivity index (χ4v) is 2.78. The number of aromatic amines is 1. The van der Waals surface area contributed by atoms with Crippen LogP contribution in [0.5, 0.6) is 11.5 Å². The molecule has 3 aromatic rings. The first-order valence-electron chi connectivity index (χ1n) is 7.81. The van der Waals surface area contributed by atoms with E-state index in [0.29, 0.717) is 22.7 Å². The van der Waals surface area contributed by atoms with Crippen molar-refractivity contribution in [2.24, 2.45) is 0 Å². The van der Waals surface area contributed by atoms with E-state index in [1.54, 1.807) is 43.3 Å². The Morgan fingerprint density at radius 3 is 2.69 bits per heavy atom. The fraction of sp³-hybridized carbons (Fsp3) is 0.167. The van der Waals surface area contributed by atoms with Gasteiger partial charge in [0, 0.05) is 0 Å². The summed E-state index contributed by atoms with van der Waals surface area (Å²) in [5.41, 5.74) is 0.833. The standard InChI is InChI=1S/C18H17N3O4S/c1-11(25-17(23)12-6-4-3-5-7-12)21-16(19-20-18(21)26)14-10-13(24-2)8-9-15(14)22/h3-11,22H,1-2H3,(H,20,26). The van der Waals surface area contributed by atoms with Crippen LogP contribution >= 0.6 is 12.2 Å². The molecule has 1 atom stereocenters. The molecule has 1 unspecified atom stereocenters. The number of benzene rings is 2. The summed E-state index contributed by atoms with van der Waals surface area (Å²) in [7, 11) is 1.53. The van der Waals surface area contributed by atoms with Gasteiger partial charge in [-0.25, -0.2) is 4.79 Å². The number of ether oxygens (including phenoxy) is 2. The van der Waals surface area contributed by atoms with Crippen LogP contribution in [0.3, 0.4) is 0 Å². The number of aromatic nitrogens is 3. The van der Waals surface area contributed by atoms with Crippen LogP contribution in [-0.2, 0) is 4.74 Å². The van der Waals surface area contributed by atoms with Gasteiger partial charge in [0.2, 0.25) is 0 Å². The summed E-state index contributed by atoms with van der Waals surface area (Å²) in [5.74, 6) is 0.400. The van der Waals surface area contributed by atoms with E-state index in [2.05, 4.69) is 10.2 Å². The fourth-order valence-electron chi connectivity index (χ4n) is 2.50. The van der Waals surface area contributed by atoms with Gasteiger partial charge >= 0.3 is 5.97 Å². The number of phenolic OH excluding ortho intramolecular Hbond substituents is 1. The molecule has 7 nitrogen and oxygen atoms in total. The Hall–Kier alpha value is -3.13. The molecule has 0 bridgehead atoms. The molecule has 26 heavy (non-hydrogen) atoms. The second-order valence-electron chi connectivity index (χ2n) is 5.48. The lowest BCUT2D eigenvalue weighted by Crippen LogP contribution is -2.16. The number of methoxy groups -OCH3 is 1. The van der Waals surface area contributed by atoms with Gasteiger partial charge in [-0.15, -0.1) is 0 Å². The largest absolute Gasteiger partial charge is 0.507 e. The topological polar surface area (TPSA) is 89.4 Å². The average Bonchev–Trinajstić information content (AvgIpc) is 3.04. The van der Waals surface area contributed by atoms with Crippen molar-refractivity contribution in [2.45, 2.75) is 13.2 Å². The van der Waals surface area contributed by atoms with E-state index in [4.69, 9.17) is 21.7 Å². The molecule has 0 saturated heterocycles. The molecule has 2 N–H and O–H groups in total. The average molecular weight is 371 g/mol. The number of rotatable bonds is 5. The highest BCUT2D eigenvalue weighted by Crippen LogP contribution is 2.33. The van der Waals surface area contributed by atoms with E-state index >= 15 is 0 Å². The highest BCUT2D eigenvalue weighted by molar-refractivity contribution is 7.71. The maximum absolute atomic E-state index is 12.3. The summed E-state index contributed by atoms with van der Waals surface area (Å²) in [5, 5.41) is 17.0. The number of aromatic hydroxyl groups is 1. The number of phenols is 1. The van der Waals surface area contributed by atoms with Crippen LogP contribution in [0.4, 0.5) is 0 Å². The van der Waals surface area contributed by atoms with E-state index in [9.17, 15) is 9.90 Å². The summed E-state index contributed by atoms with van der Waals surface area (Å²) in [6, 6.07) is 13.4. The lowest BCUT2D eigenvalue weighted by atomic mass is 10.1. The monoisotopic (exact) mass is 371 g/mol. The van der Waals surface area contributed by atoms with E-state index in [1.165, 1.54) is 17.7 Å². The molecular formula is C18H17N3O4S. The Kier molecular flexibility index (Phi) is 5.04. The number of hydrogen-bond acceptors (Lipinski definition) is 6. The summed E-state index contributed by atoms with van der Waals surface area (Å²) in [4.78, 5) is 12.3. The third-order valence-corrected chi connectivity index (χ3v) is 4.09. The van der Waals surface area contributed by atoms with Crippen molar-refractivity contribution < 1.29 is 19.4 Å². The van der Waals surface area contributed by atoms with Crippen LogP contribution in [0.25, 0.3) is 11.4 Å². The number of carbonyl (C=O) groups is 1. The Labute approximate surface area is 154 Å². The summed E-state index contributed by atoms with van der Waals surface area (Å²) in [6.07, 6.45) is -0.741. The molecule has 0 aliphatic heterocycles. The van der Waals surface area contributed by atoms with Gasteiger partial charge in [0.25, 0.3) is 0 Å². The SMILES string of the molecule is COc1ccc(O)c(-c2n[nH]c(=S)n2C(C)OC(=O)c2ccccc2)c1. The highest BCUT2D eigenvalue weighted by atomic mass is 32.1. The van der Waals surface area contributed by atoms with E-state index in [1.807, 2.05) is 6.07 Å². The number of esters is 1. The van der Waals surface area contributed by atoms with Gasteiger partial charge in [-0.1, -0.05) is 18.2 Å². The quantitative estimate of drug-likeness (QED) is 0.525. The summed E-state index contributed by atoms with van der Waals surface area (Å²) in [6.45, 7) is 1.67. The molecule has 134 valence electrons. The minimum absolute atomic E-state index is 0.00244. The second-order valence-corrected chi connectivity index (χ2v) is 5.86. The minimum atomic E-state index is -0.741. The molecule has 1 aromatic heterocycles. The van der Waals surface area contributed by atoms with Crippen molar-refractivity contribution in [3.05, 3.63) is 58.9 Å². The maximum atomic E-state index is 12.3. The lowest BCUT2D eigenvalue weighted by molar-refractivity contribution is 0.0157. The third kappa shape index (κ3) is 3.45. The van der Waals surface area contributed by atoms with Crippen molar-refractivity contribution >= 4 is 18.2 Å². The first kappa shape index (κ1) is 17.7. The molecule has 0 aliphatic carbocycles. The van der Waals surface area contributed by atoms with Crippen molar-refractivity contribution in [3.8, 4) is 22.9 Å². The molecule has 0 radical (unpaired) electrons. The van der Waals surface area contributed by atoms with Crippen LogP contribution in [0.2, 0.25) is 0 Å². The van der Waals surface area contributed by atoms with E-state index in [0.717, 1.165) is 0 Å². The molecule has 0 fully saturated rings. The van der Waals surface area contributed by atoms with E-state index in [-0.39, 0.29) is 10.5 Å². The van der Waals surface area contributed by atoms with E-state index < -0.39 is 12.2 Å². The van der Waals surface area contributed by atoms with Gasteiger partial charge in [-0.05, 0) is 49.5 Å². The highest BCUT2D eigenvalue weighted by Gasteiger charge is 2.21. The normalized spacial score (nSPS) is 11.8. The molecule has 0 aliphatic rings. The molecule has 3 rings (SSSR count). The van der Waals surface area contributed by atoms with Gasteiger partial charge in [-0.2, -0.15) is 5.10 Å². The third-order valence-electron chi connectivity index (χ3n) is 3.80. The number of nitrogens with one attached hydrogen (secondary N) is 1. The van der Waals surface area contributed by atoms with Crippen molar-refractivity contribution in [1.82, 2.24) is 14.8 Å². The van der Waals surface area contributed by atoms with Gasteiger partial charge in [0.1, 0.15) is 11.5 Å². The Bertz CT molecular complexity index is 982. The molecule has 0 amide bonds. The van der Waals surface area contributed by atoms with Crippen LogP contribution in [0, 0.1) is 4.77 Å². The predicted octanol–water partition coefficient (Wildman–Crippen LogP) is 3.70. The molecule has 1 heterocycles. The van der Waals surface area contributed by atoms with Gasteiger partial charge in [0.15, 0.2) is 16.8 Å². The first-order chi connectivity index (χ1) is 12.5. The number of H-pyrrole nitrogens is 1. The second kappa shape index (κ2) is 7.40. The van der Waals surface area contributed by atoms with Gasteiger partial charge in [-0.3, -0.25) is 9.67 Å². The van der Waals surface area contributed by atoms with Crippen LogP contribution in [-0.4, -0.2) is 33.0 Å². The Morgan fingerprint density at radius 2 is 2.00 bits per heavy atom. The van der Waals surface area contributed by atoms with Crippen molar-refractivity contribution in [2.75, 3.05) is 7.11 Å². The molecule has 8 heteroatoms. The molecule has 2 aromatic carbocycles. The lowest BCUT2D eigenvalue weighted by Gasteiger charge is -2.17. The van der Waals surface area contributed by atoms with Gasteiger partial charge in [0.05, 0.1) is 18.2 Å². The number of hydrogen-bond donors (Lipinski definition) is 2. The molecule has 0 saturated carbocycles. The number of nitrogens with zero attached hydrogens (tertiary/aromatic N) is 2. The molecular weight excluding hydrogens is 354 g/mol. The van der Waals surface area contributed by atoms with Gasteiger partial charge < -0.3 is 14.6 Å². The summed E-state index contributed by atoms with van der Waals surface area (Å²) < 4.78 is 12.5. The number of carbonyl (C=O) groups excluding carboxylic acids is 1. The van der Waals surface area contributed by atoms with Crippen molar-refractivity contribution in [1.29, 1.82) is 0 Å². The zero-order valence-corrected chi connectivity index (χ0v) is 15.0. The van der Waals surface area contributed by atoms with Crippen LogP contribution in [0.1, 0.15) is 23.5 Å². The Balaban J connectivity index is 1.96. The Morgan fingerprint density at radius 1 is 1.27 bits per heavy atom. The zero-order chi connectivity index (χ0) is 18.7. The zero-order valence-electron chi connectivity index (χ0n) is 14.2. The molecule has 0 spiro atoms. The minimum Gasteiger partial charge on any atom is -0.507 e. The first-order valence-corrected chi connectivity index (χ1v) is 8.22. The van der Waals surface area contributed by atoms with Crippen molar-refractivity contribution in [3.63, 3.8) is 0 Å². The summed E-state index contributed by atoms with van der Waals surface area (Å²) >= 11 is 5.26. The van der Waals surface area contributed by atoms with Crippen LogP contribution in [0.15, 0.2) is 48.5 Å².